The van der Waals surface area contributed by atoms with E-state index in [1.807, 2.05) is 17.2 Å². The zero-order valence-electron chi connectivity index (χ0n) is 13.5. The third kappa shape index (κ3) is 3.03. The normalized spacial score (nSPS) is 16.8. The fourth-order valence-electron chi connectivity index (χ4n) is 2.93. The van der Waals surface area contributed by atoms with E-state index in [1.54, 1.807) is 6.20 Å². The molecular formula is C19H22N2O. The third-order valence-electron chi connectivity index (χ3n) is 4.33. The first-order valence-electron chi connectivity index (χ1n) is 7.76. The monoisotopic (exact) mass is 294 g/mol. The SMILES string of the molecule is Cc1ccc(-c2cncc(C(=O)N3CCC(C)(C)C3)c2)cc1. The maximum Gasteiger partial charge on any atom is 0.255 e. The Bertz CT molecular complexity index is 689. The van der Waals surface area contributed by atoms with Crippen molar-refractivity contribution < 1.29 is 4.79 Å². The molecule has 1 aliphatic rings. The molecule has 0 aliphatic carbocycles. The molecule has 0 saturated carbocycles. The topological polar surface area (TPSA) is 33.2 Å². The fraction of sp³-hybridized carbons (Fsp3) is 0.368. The number of carbonyl (C=O) groups excluding carboxylic acids is 1. The van der Waals surface area contributed by atoms with Crippen LogP contribution in [0.25, 0.3) is 11.1 Å². The van der Waals surface area contributed by atoms with E-state index >= 15 is 0 Å². The van der Waals surface area contributed by atoms with Crippen molar-refractivity contribution in [2.45, 2.75) is 27.2 Å². The van der Waals surface area contributed by atoms with E-state index in [2.05, 4.69) is 50.0 Å². The number of benzene rings is 1. The quantitative estimate of drug-likeness (QED) is 0.841. The zero-order valence-corrected chi connectivity index (χ0v) is 13.5. The number of pyridine rings is 1. The molecule has 1 aliphatic heterocycles. The lowest BCUT2D eigenvalue weighted by Crippen LogP contribution is -2.30. The summed E-state index contributed by atoms with van der Waals surface area (Å²) in [6.07, 6.45) is 4.55. The lowest BCUT2D eigenvalue weighted by atomic mass is 9.93. The second-order valence-electron chi connectivity index (χ2n) is 6.97. The average Bonchev–Trinajstić information content (AvgIpc) is 2.87. The van der Waals surface area contributed by atoms with Gasteiger partial charge in [-0.1, -0.05) is 43.7 Å². The second kappa shape index (κ2) is 5.56. The third-order valence-corrected chi connectivity index (χ3v) is 4.33. The summed E-state index contributed by atoms with van der Waals surface area (Å²) in [5, 5.41) is 0. The van der Waals surface area contributed by atoms with Gasteiger partial charge in [0.15, 0.2) is 0 Å². The van der Waals surface area contributed by atoms with Crippen LogP contribution in [-0.2, 0) is 0 Å². The number of aromatic nitrogens is 1. The molecule has 2 heterocycles. The van der Waals surface area contributed by atoms with Crippen LogP contribution in [0.3, 0.4) is 0 Å². The van der Waals surface area contributed by atoms with Gasteiger partial charge in [-0.15, -0.1) is 0 Å². The lowest BCUT2D eigenvalue weighted by molar-refractivity contribution is 0.0778. The van der Waals surface area contributed by atoms with Gasteiger partial charge in [-0.25, -0.2) is 0 Å². The van der Waals surface area contributed by atoms with Crippen molar-refractivity contribution in [2.24, 2.45) is 5.41 Å². The number of aryl methyl sites for hydroxylation is 1. The smallest absolute Gasteiger partial charge is 0.255 e. The van der Waals surface area contributed by atoms with Crippen LogP contribution in [0.2, 0.25) is 0 Å². The minimum atomic E-state index is 0.0898. The van der Waals surface area contributed by atoms with Gasteiger partial charge >= 0.3 is 0 Å². The predicted octanol–water partition coefficient (Wildman–Crippen LogP) is 3.93. The molecule has 0 bridgehead atoms. The Morgan fingerprint density at radius 2 is 1.86 bits per heavy atom. The number of hydrogen-bond acceptors (Lipinski definition) is 2. The number of likely N-dealkylation sites (tertiary alicyclic amines) is 1. The molecule has 22 heavy (non-hydrogen) atoms. The number of nitrogens with zero attached hydrogens (tertiary/aromatic N) is 2. The van der Waals surface area contributed by atoms with Gasteiger partial charge in [0, 0.05) is 31.0 Å². The molecule has 2 aromatic rings. The van der Waals surface area contributed by atoms with Crippen molar-refractivity contribution >= 4 is 5.91 Å². The van der Waals surface area contributed by atoms with Crippen LogP contribution in [0, 0.1) is 12.3 Å². The van der Waals surface area contributed by atoms with Crippen LogP contribution in [-0.4, -0.2) is 28.9 Å². The van der Waals surface area contributed by atoms with Gasteiger partial charge in [0.1, 0.15) is 0 Å². The first-order chi connectivity index (χ1) is 10.4. The van der Waals surface area contributed by atoms with Crippen molar-refractivity contribution in [3.8, 4) is 11.1 Å². The molecule has 0 N–H and O–H groups in total. The van der Waals surface area contributed by atoms with Crippen molar-refractivity contribution in [1.29, 1.82) is 0 Å². The van der Waals surface area contributed by atoms with Crippen LogP contribution in [0.5, 0.6) is 0 Å². The molecule has 1 aromatic heterocycles. The minimum Gasteiger partial charge on any atom is -0.338 e. The number of hydrogen-bond donors (Lipinski definition) is 0. The number of amides is 1. The summed E-state index contributed by atoms with van der Waals surface area (Å²) in [5.74, 6) is 0.0898. The summed E-state index contributed by atoms with van der Waals surface area (Å²) in [6, 6.07) is 10.2. The highest BCUT2D eigenvalue weighted by Gasteiger charge is 2.32. The van der Waals surface area contributed by atoms with E-state index in [0.29, 0.717) is 5.56 Å². The first-order valence-corrected chi connectivity index (χ1v) is 7.76. The first kappa shape index (κ1) is 14.8. The van der Waals surface area contributed by atoms with Crippen LogP contribution < -0.4 is 0 Å². The Hall–Kier alpha value is -2.16. The molecule has 0 radical (unpaired) electrons. The summed E-state index contributed by atoms with van der Waals surface area (Å²) in [5.41, 5.74) is 4.20. The van der Waals surface area contributed by atoms with E-state index in [4.69, 9.17) is 0 Å². The van der Waals surface area contributed by atoms with Gasteiger partial charge in [0.05, 0.1) is 5.56 Å². The number of rotatable bonds is 2. The summed E-state index contributed by atoms with van der Waals surface area (Å²) >= 11 is 0. The molecule has 3 nitrogen and oxygen atoms in total. The van der Waals surface area contributed by atoms with Crippen LogP contribution >= 0.6 is 0 Å². The highest BCUT2D eigenvalue weighted by atomic mass is 16.2. The lowest BCUT2D eigenvalue weighted by Gasteiger charge is -2.20. The molecule has 3 heteroatoms. The van der Waals surface area contributed by atoms with Gasteiger partial charge in [-0.2, -0.15) is 0 Å². The maximum absolute atomic E-state index is 12.7. The Kier molecular flexibility index (Phi) is 3.73. The van der Waals surface area contributed by atoms with E-state index in [0.717, 1.165) is 30.6 Å². The van der Waals surface area contributed by atoms with Gasteiger partial charge in [-0.05, 0) is 30.4 Å². The zero-order chi connectivity index (χ0) is 15.7. The standard InChI is InChI=1S/C19H22N2O/c1-14-4-6-15(7-5-14)16-10-17(12-20-11-16)18(22)21-9-8-19(2,3)13-21/h4-7,10-12H,8-9,13H2,1-3H3. The fourth-order valence-corrected chi connectivity index (χ4v) is 2.93. The summed E-state index contributed by atoms with van der Waals surface area (Å²) in [6.45, 7) is 8.14. The second-order valence-corrected chi connectivity index (χ2v) is 6.97. The van der Waals surface area contributed by atoms with Crippen molar-refractivity contribution in [2.75, 3.05) is 13.1 Å². The average molecular weight is 294 g/mol. The molecule has 1 amide bonds. The molecule has 1 aromatic carbocycles. The summed E-state index contributed by atoms with van der Waals surface area (Å²) in [7, 11) is 0. The molecule has 1 fully saturated rings. The highest BCUT2D eigenvalue weighted by Crippen LogP contribution is 2.30. The molecule has 114 valence electrons. The molecule has 0 unspecified atom stereocenters. The van der Waals surface area contributed by atoms with Crippen molar-refractivity contribution in [3.05, 3.63) is 53.9 Å². The maximum atomic E-state index is 12.7. The van der Waals surface area contributed by atoms with Gasteiger partial charge < -0.3 is 4.90 Å². The van der Waals surface area contributed by atoms with Crippen molar-refractivity contribution in [1.82, 2.24) is 9.88 Å². The highest BCUT2D eigenvalue weighted by molar-refractivity contribution is 5.95. The van der Waals surface area contributed by atoms with Crippen molar-refractivity contribution in [3.63, 3.8) is 0 Å². The predicted molar refractivity (Wildman–Crippen MR) is 88.7 cm³/mol. The molecule has 1 saturated heterocycles. The Morgan fingerprint density at radius 3 is 2.50 bits per heavy atom. The van der Waals surface area contributed by atoms with Crippen LogP contribution in [0.15, 0.2) is 42.7 Å². The van der Waals surface area contributed by atoms with E-state index in [-0.39, 0.29) is 11.3 Å². The van der Waals surface area contributed by atoms with E-state index in [1.165, 1.54) is 5.56 Å². The summed E-state index contributed by atoms with van der Waals surface area (Å²) in [4.78, 5) is 18.9. The summed E-state index contributed by atoms with van der Waals surface area (Å²) < 4.78 is 0. The Morgan fingerprint density at radius 1 is 1.14 bits per heavy atom. The van der Waals surface area contributed by atoms with Crippen LogP contribution in [0.4, 0.5) is 0 Å². The molecule has 0 atom stereocenters. The Labute approximate surface area is 132 Å². The van der Waals surface area contributed by atoms with E-state index in [9.17, 15) is 4.79 Å². The molecule has 0 spiro atoms. The molecular weight excluding hydrogens is 272 g/mol. The minimum absolute atomic E-state index is 0.0898. The van der Waals surface area contributed by atoms with Gasteiger partial charge in [-0.3, -0.25) is 9.78 Å². The number of carbonyl (C=O) groups is 1. The Balaban J connectivity index is 1.85. The van der Waals surface area contributed by atoms with Crippen LogP contribution in [0.1, 0.15) is 36.2 Å². The molecule has 3 rings (SSSR count). The van der Waals surface area contributed by atoms with Gasteiger partial charge in [0.25, 0.3) is 5.91 Å². The largest absolute Gasteiger partial charge is 0.338 e. The van der Waals surface area contributed by atoms with E-state index < -0.39 is 0 Å². The van der Waals surface area contributed by atoms with Gasteiger partial charge in [0.2, 0.25) is 0 Å².